The molecule has 0 radical (unpaired) electrons. The number of carbonyl (C=O) groups excluding carboxylic acids is 3. The number of amides is 1. The van der Waals surface area contributed by atoms with Crippen LogP contribution < -0.4 is 0 Å². The SMILES string of the molecule is CC(=O)C(C(C)=O)C(c1ccc([N+](=O)[O-])cc1)N1CCCC1=O. The fourth-order valence-electron chi connectivity index (χ4n) is 3.04. The molecule has 1 amide bonds. The minimum atomic E-state index is -0.960. The molecule has 0 saturated carbocycles. The van der Waals surface area contributed by atoms with Crippen LogP contribution in [0.4, 0.5) is 5.69 Å². The van der Waals surface area contributed by atoms with E-state index in [-0.39, 0.29) is 23.2 Å². The third-order valence-electron chi connectivity index (χ3n) is 4.08. The highest BCUT2D eigenvalue weighted by Gasteiger charge is 2.39. The van der Waals surface area contributed by atoms with Crippen molar-refractivity contribution in [2.24, 2.45) is 5.92 Å². The Balaban J connectivity index is 2.47. The first kappa shape index (κ1) is 16.8. The largest absolute Gasteiger partial charge is 0.334 e. The molecule has 7 nitrogen and oxygen atoms in total. The van der Waals surface area contributed by atoms with Crippen molar-refractivity contribution in [1.82, 2.24) is 4.90 Å². The smallest absolute Gasteiger partial charge is 0.269 e. The topological polar surface area (TPSA) is 97.6 Å². The first-order chi connectivity index (χ1) is 10.8. The van der Waals surface area contributed by atoms with E-state index in [1.54, 1.807) is 0 Å². The molecule has 122 valence electrons. The van der Waals surface area contributed by atoms with Crippen LogP contribution in [0.3, 0.4) is 0 Å². The van der Waals surface area contributed by atoms with Crippen molar-refractivity contribution < 1.29 is 19.3 Å². The molecule has 0 aliphatic carbocycles. The van der Waals surface area contributed by atoms with E-state index in [2.05, 4.69) is 0 Å². The lowest BCUT2D eigenvalue weighted by molar-refractivity contribution is -0.384. The van der Waals surface area contributed by atoms with E-state index in [1.807, 2.05) is 0 Å². The number of nitro benzene ring substituents is 1. The molecule has 1 heterocycles. The number of nitrogens with zero attached hydrogens (tertiary/aromatic N) is 2. The Bertz CT molecular complexity index is 639. The van der Waals surface area contributed by atoms with Gasteiger partial charge in [0, 0.05) is 25.1 Å². The van der Waals surface area contributed by atoms with Crippen molar-refractivity contribution in [3.05, 3.63) is 39.9 Å². The van der Waals surface area contributed by atoms with Gasteiger partial charge in [0.2, 0.25) is 5.91 Å². The summed E-state index contributed by atoms with van der Waals surface area (Å²) in [6.07, 6.45) is 1.05. The van der Waals surface area contributed by atoms with Gasteiger partial charge in [-0.2, -0.15) is 0 Å². The molecule has 0 spiro atoms. The summed E-state index contributed by atoms with van der Waals surface area (Å²) in [5, 5.41) is 10.8. The Kier molecular flexibility index (Phi) is 4.88. The quantitative estimate of drug-likeness (QED) is 0.454. The van der Waals surface area contributed by atoms with Crippen molar-refractivity contribution in [2.45, 2.75) is 32.7 Å². The van der Waals surface area contributed by atoms with Gasteiger partial charge in [-0.25, -0.2) is 0 Å². The highest BCUT2D eigenvalue weighted by Crippen LogP contribution is 2.34. The molecule has 0 N–H and O–H groups in total. The number of non-ortho nitro benzene ring substituents is 1. The fourth-order valence-corrected chi connectivity index (χ4v) is 3.04. The van der Waals surface area contributed by atoms with E-state index < -0.39 is 16.9 Å². The maximum absolute atomic E-state index is 12.1. The van der Waals surface area contributed by atoms with Crippen molar-refractivity contribution in [3.8, 4) is 0 Å². The number of rotatable bonds is 6. The van der Waals surface area contributed by atoms with Crippen LogP contribution in [0.5, 0.6) is 0 Å². The number of Topliss-reactive ketones (excluding diaryl/α,β-unsaturated/α-hetero) is 2. The van der Waals surface area contributed by atoms with Crippen molar-refractivity contribution >= 4 is 23.2 Å². The molecule has 7 heteroatoms. The van der Waals surface area contributed by atoms with Crippen LogP contribution in [-0.2, 0) is 14.4 Å². The van der Waals surface area contributed by atoms with Crippen LogP contribution in [0.2, 0.25) is 0 Å². The van der Waals surface area contributed by atoms with Gasteiger partial charge in [-0.05, 0) is 25.8 Å². The fraction of sp³-hybridized carbons (Fsp3) is 0.438. The first-order valence-corrected chi connectivity index (χ1v) is 7.37. The lowest BCUT2D eigenvalue weighted by Gasteiger charge is -2.32. The zero-order valence-corrected chi connectivity index (χ0v) is 13.0. The van der Waals surface area contributed by atoms with Crippen molar-refractivity contribution in [1.29, 1.82) is 0 Å². The van der Waals surface area contributed by atoms with Crippen LogP contribution in [0, 0.1) is 16.0 Å². The van der Waals surface area contributed by atoms with Crippen LogP contribution >= 0.6 is 0 Å². The molecule has 1 aliphatic rings. The Morgan fingerprint density at radius 2 is 1.74 bits per heavy atom. The summed E-state index contributed by atoms with van der Waals surface area (Å²) in [6, 6.07) is 4.95. The second-order valence-electron chi connectivity index (χ2n) is 5.68. The summed E-state index contributed by atoms with van der Waals surface area (Å²) in [4.78, 5) is 47.8. The average Bonchev–Trinajstić information content (AvgIpc) is 2.89. The molecule has 1 saturated heterocycles. The van der Waals surface area contributed by atoms with Gasteiger partial charge in [0.15, 0.2) is 0 Å². The monoisotopic (exact) mass is 318 g/mol. The molecular weight excluding hydrogens is 300 g/mol. The van der Waals surface area contributed by atoms with Crippen molar-refractivity contribution in [3.63, 3.8) is 0 Å². The lowest BCUT2D eigenvalue weighted by Crippen LogP contribution is -2.40. The molecule has 1 fully saturated rings. The second-order valence-corrected chi connectivity index (χ2v) is 5.68. The maximum Gasteiger partial charge on any atom is 0.269 e. The van der Waals surface area contributed by atoms with E-state index in [1.165, 1.54) is 43.0 Å². The number of hydrogen-bond acceptors (Lipinski definition) is 5. The second kappa shape index (κ2) is 6.68. The molecule has 23 heavy (non-hydrogen) atoms. The molecular formula is C16H18N2O5. The summed E-state index contributed by atoms with van der Waals surface area (Å²) in [6.45, 7) is 3.12. The van der Waals surface area contributed by atoms with E-state index in [0.717, 1.165) is 0 Å². The van der Waals surface area contributed by atoms with Gasteiger partial charge in [-0.1, -0.05) is 12.1 Å². The van der Waals surface area contributed by atoms with E-state index in [0.29, 0.717) is 24.9 Å². The third-order valence-corrected chi connectivity index (χ3v) is 4.08. The number of likely N-dealkylation sites (tertiary alicyclic amines) is 1. The number of hydrogen-bond donors (Lipinski definition) is 0. The molecule has 1 aromatic rings. The Labute approximate surface area is 133 Å². The molecule has 1 atom stereocenters. The van der Waals surface area contributed by atoms with E-state index in [9.17, 15) is 24.5 Å². The summed E-state index contributed by atoms with van der Waals surface area (Å²) < 4.78 is 0. The van der Waals surface area contributed by atoms with Gasteiger partial charge < -0.3 is 4.90 Å². The van der Waals surface area contributed by atoms with Crippen LogP contribution in [0.25, 0.3) is 0 Å². The van der Waals surface area contributed by atoms with Crippen LogP contribution in [0.15, 0.2) is 24.3 Å². The van der Waals surface area contributed by atoms with Crippen molar-refractivity contribution in [2.75, 3.05) is 6.54 Å². The minimum absolute atomic E-state index is 0.0811. The number of ketones is 2. The first-order valence-electron chi connectivity index (χ1n) is 7.37. The highest BCUT2D eigenvalue weighted by atomic mass is 16.6. The lowest BCUT2D eigenvalue weighted by atomic mass is 9.86. The Hall–Kier alpha value is -2.57. The number of nitro groups is 1. The van der Waals surface area contributed by atoms with Gasteiger partial charge in [0.1, 0.15) is 17.5 Å². The molecule has 1 aromatic carbocycles. The highest BCUT2D eigenvalue weighted by molar-refractivity contribution is 6.01. The summed E-state index contributed by atoms with van der Waals surface area (Å²) >= 11 is 0. The molecule has 2 rings (SSSR count). The zero-order chi connectivity index (χ0) is 17.1. The predicted molar refractivity (Wildman–Crippen MR) is 81.6 cm³/mol. The standard InChI is InChI=1S/C16H18N2O5/c1-10(19)15(11(2)20)16(17-9-3-4-14(17)21)12-5-7-13(8-6-12)18(22)23/h5-8,15-16H,3-4,9H2,1-2H3. The molecule has 1 aliphatic heterocycles. The average molecular weight is 318 g/mol. The van der Waals surface area contributed by atoms with Gasteiger partial charge in [0.05, 0.1) is 11.0 Å². The zero-order valence-electron chi connectivity index (χ0n) is 13.0. The van der Waals surface area contributed by atoms with Gasteiger partial charge >= 0.3 is 0 Å². The van der Waals surface area contributed by atoms with Gasteiger partial charge in [-0.3, -0.25) is 24.5 Å². The minimum Gasteiger partial charge on any atom is -0.334 e. The molecule has 0 aromatic heterocycles. The maximum atomic E-state index is 12.1. The van der Waals surface area contributed by atoms with Crippen LogP contribution in [0.1, 0.15) is 38.3 Å². The Morgan fingerprint density at radius 3 is 2.13 bits per heavy atom. The van der Waals surface area contributed by atoms with Gasteiger partial charge in [0.25, 0.3) is 5.69 Å². The predicted octanol–water partition coefficient (Wildman–Crippen LogP) is 2.05. The van der Waals surface area contributed by atoms with E-state index >= 15 is 0 Å². The normalized spacial score (nSPS) is 15.8. The third kappa shape index (κ3) is 3.44. The van der Waals surface area contributed by atoms with E-state index in [4.69, 9.17) is 0 Å². The number of benzene rings is 1. The molecule has 0 bridgehead atoms. The molecule has 1 unspecified atom stereocenters. The summed E-state index contributed by atoms with van der Waals surface area (Å²) in [5.41, 5.74) is 0.476. The Morgan fingerprint density at radius 1 is 1.17 bits per heavy atom. The summed E-state index contributed by atoms with van der Waals surface area (Å²) in [7, 11) is 0. The summed E-state index contributed by atoms with van der Waals surface area (Å²) in [5.74, 6) is -1.71. The van der Waals surface area contributed by atoms with Crippen LogP contribution in [-0.4, -0.2) is 33.8 Å². The van der Waals surface area contributed by atoms with Gasteiger partial charge in [-0.15, -0.1) is 0 Å². The number of carbonyl (C=O) groups is 3.